The minimum absolute atomic E-state index is 0.0171. The molecule has 2 fully saturated rings. The van der Waals surface area contributed by atoms with Crippen LogP contribution in [-0.4, -0.2) is 67.3 Å². The Kier molecular flexibility index (Phi) is 5.79. The van der Waals surface area contributed by atoms with Gasteiger partial charge in [-0.1, -0.05) is 17.4 Å². The first-order valence-corrected chi connectivity index (χ1v) is 13.0. The third-order valence-electron chi connectivity index (χ3n) is 6.13. The van der Waals surface area contributed by atoms with Gasteiger partial charge in [-0.3, -0.25) is 4.79 Å². The average molecular weight is 493 g/mol. The highest BCUT2D eigenvalue weighted by molar-refractivity contribution is 7.89. The molecule has 0 radical (unpaired) electrons. The van der Waals surface area contributed by atoms with Gasteiger partial charge in [0.2, 0.25) is 15.9 Å². The molecular formula is C22H22F2N4O3S2. The molecule has 174 valence electrons. The molecule has 1 unspecified atom stereocenters. The van der Waals surface area contributed by atoms with Gasteiger partial charge in [0.25, 0.3) is 0 Å². The molecule has 11 heteroatoms. The Morgan fingerprint density at radius 2 is 1.73 bits per heavy atom. The fourth-order valence-corrected chi connectivity index (χ4v) is 7.07. The number of carbonyl (C=O) groups excluding carboxylic acids is 1. The van der Waals surface area contributed by atoms with Gasteiger partial charge >= 0.3 is 0 Å². The van der Waals surface area contributed by atoms with Crippen LogP contribution in [0.25, 0.3) is 10.2 Å². The molecule has 2 aliphatic rings. The van der Waals surface area contributed by atoms with Crippen LogP contribution in [0, 0.1) is 11.6 Å². The molecule has 5 rings (SSSR count). The van der Waals surface area contributed by atoms with Gasteiger partial charge in [0.15, 0.2) is 5.13 Å². The second-order valence-corrected chi connectivity index (χ2v) is 11.0. The first kappa shape index (κ1) is 22.2. The van der Waals surface area contributed by atoms with Crippen LogP contribution in [0.2, 0.25) is 0 Å². The zero-order valence-corrected chi connectivity index (χ0v) is 19.3. The molecule has 0 saturated carbocycles. The molecule has 2 aliphatic heterocycles. The Hall–Kier alpha value is -2.63. The smallest absolute Gasteiger partial charge is 0.243 e. The largest absolute Gasteiger partial charge is 0.345 e. The van der Waals surface area contributed by atoms with Crippen molar-refractivity contribution in [3.63, 3.8) is 0 Å². The molecule has 0 aliphatic carbocycles. The lowest BCUT2D eigenvalue weighted by Gasteiger charge is -2.37. The van der Waals surface area contributed by atoms with Crippen LogP contribution < -0.4 is 4.90 Å². The van der Waals surface area contributed by atoms with Gasteiger partial charge in [-0.2, -0.15) is 4.31 Å². The first-order valence-electron chi connectivity index (χ1n) is 10.7. The van der Waals surface area contributed by atoms with Crippen molar-refractivity contribution in [1.82, 2.24) is 14.2 Å². The maximum Gasteiger partial charge on any atom is 0.243 e. The van der Waals surface area contributed by atoms with Gasteiger partial charge in [-0.25, -0.2) is 22.2 Å². The van der Waals surface area contributed by atoms with E-state index in [2.05, 4.69) is 4.98 Å². The predicted molar refractivity (Wildman–Crippen MR) is 122 cm³/mol. The number of benzene rings is 2. The summed E-state index contributed by atoms with van der Waals surface area (Å²) in [6.07, 6.45) is 1.05. The first-order chi connectivity index (χ1) is 15.8. The number of carbonyl (C=O) groups is 1. The molecule has 0 spiro atoms. The number of halogens is 2. The number of piperazine rings is 1. The minimum Gasteiger partial charge on any atom is -0.345 e. The van der Waals surface area contributed by atoms with Crippen molar-refractivity contribution in [3.05, 3.63) is 54.1 Å². The van der Waals surface area contributed by atoms with E-state index < -0.39 is 21.9 Å². The van der Waals surface area contributed by atoms with Gasteiger partial charge < -0.3 is 9.80 Å². The number of hydrogen-bond acceptors (Lipinski definition) is 6. The number of para-hydroxylation sites is 1. The molecule has 0 N–H and O–H groups in total. The normalized spacial score (nSPS) is 20.0. The summed E-state index contributed by atoms with van der Waals surface area (Å²) >= 11 is 1.41. The molecular weight excluding hydrogens is 470 g/mol. The predicted octanol–water partition coefficient (Wildman–Crippen LogP) is 3.08. The van der Waals surface area contributed by atoms with E-state index in [4.69, 9.17) is 0 Å². The summed E-state index contributed by atoms with van der Waals surface area (Å²) in [6, 6.07) is 8.77. The quantitative estimate of drug-likeness (QED) is 0.560. The molecule has 3 heterocycles. The lowest BCUT2D eigenvalue weighted by Crippen LogP contribution is -2.54. The number of anilines is 1. The highest BCUT2D eigenvalue weighted by Crippen LogP contribution is 2.32. The Bertz CT molecular complexity index is 1290. The summed E-state index contributed by atoms with van der Waals surface area (Å²) in [5.74, 6) is -1.09. The molecule has 1 aromatic heterocycles. The Balaban J connectivity index is 1.28. The van der Waals surface area contributed by atoms with Crippen LogP contribution >= 0.6 is 11.3 Å². The Morgan fingerprint density at radius 3 is 2.42 bits per heavy atom. The van der Waals surface area contributed by atoms with E-state index in [1.165, 1.54) is 33.8 Å². The molecule has 2 saturated heterocycles. The highest BCUT2D eigenvalue weighted by Gasteiger charge is 2.41. The second kappa shape index (κ2) is 8.62. The number of hydrogen-bond donors (Lipinski definition) is 0. The summed E-state index contributed by atoms with van der Waals surface area (Å²) in [6.45, 7) is 2.18. The maximum atomic E-state index is 14.0. The van der Waals surface area contributed by atoms with Crippen molar-refractivity contribution in [2.24, 2.45) is 0 Å². The molecule has 1 atom stereocenters. The SMILES string of the molecule is O=C(C1CCCN1S(=O)(=O)c1ccc(F)cc1)N1CCN(c2nc3c(F)cccc3s2)CC1. The standard InChI is InChI=1S/C22H22F2N4O3S2/c23-15-6-8-16(9-7-15)33(30,31)28-10-2-4-18(28)21(29)26-11-13-27(14-12-26)22-25-20-17(24)3-1-5-19(20)32-22/h1,3,5-9,18H,2,4,10-14H2. The van der Waals surface area contributed by atoms with Gasteiger partial charge in [0.05, 0.1) is 9.60 Å². The van der Waals surface area contributed by atoms with E-state index in [-0.39, 0.29) is 23.2 Å². The average Bonchev–Trinajstić information content (AvgIpc) is 3.48. The van der Waals surface area contributed by atoms with E-state index in [1.54, 1.807) is 11.0 Å². The van der Waals surface area contributed by atoms with Crippen LogP contribution in [0.5, 0.6) is 0 Å². The molecule has 3 aromatic rings. The lowest BCUT2D eigenvalue weighted by molar-refractivity contribution is -0.134. The van der Waals surface area contributed by atoms with Crippen molar-refractivity contribution in [2.45, 2.75) is 23.8 Å². The van der Waals surface area contributed by atoms with Crippen molar-refractivity contribution in [3.8, 4) is 0 Å². The zero-order valence-electron chi connectivity index (χ0n) is 17.7. The molecule has 7 nitrogen and oxygen atoms in total. The van der Waals surface area contributed by atoms with E-state index in [9.17, 15) is 22.0 Å². The number of rotatable bonds is 4. The van der Waals surface area contributed by atoms with E-state index >= 15 is 0 Å². The number of aromatic nitrogens is 1. The van der Waals surface area contributed by atoms with Gasteiger partial charge in [-0.15, -0.1) is 0 Å². The molecule has 2 aromatic carbocycles. The number of sulfonamides is 1. The van der Waals surface area contributed by atoms with Crippen molar-refractivity contribution >= 4 is 42.6 Å². The van der Waals surface area contributed by atoms with E-state index in [0.29, 0.717) is 49.7 Å². The summed E-state index contributed by atoms with van der Waals surface area (Å²) in [5, 5.41) is 0.712. The molecule has 1 amide bonds. The monoisotopic (exact) mass is 492 g/mol. The molecule has 0 bridgehead atoms. The zero-order chi connectivity index (χ0) is 23.2. The Labute approximate surface area is 194 Å². The van der Waals surface area contributed by atoms with Crippen LogP contribution in [0.3, 0.4) is 0 Å². The second-order valence-electron chi connectivity index (χ2n) is 8.12. The summed E-state index contributed by atoms with van der Waals surface area (Å²) in [4.78, 5) is 21.4. The lowest BCUT2D eigenvalue weighted by atomic mass is 10.2. The van der Waals surface area contributed by atoms with Crippen LogP contribution in [0.15, 0.2) is 47.4 Å². The van der Waals surface area contributed by atoms with Gasteiger partial charge in [-0.05, 0) is 49.2 Å². The molecule has 33 heavy (non-hydrogen) atoms. The van der Waals surface area contributed by atoms with Crippen LogP contribution in [0.1, 0.15) is 12.8 Å². The topological polar surface area (TPSA) is 73.8 Å². The fourth-order valence-electron chi connectivity index (χ4n) is 4.38. The highest BCUT2D eigenvalue weighted by atomic mass is 32.2. The van der Waals surface area contributed by atoms with Gasteiger partial charge in [0.1, 0.15) is 23.2 Å². The van der Waals surface area contributed by atoms with Crippen LogP contribution in [0.4, 0.5) is 13.9 Å². The van der Waals surface area contributed by atoms with E-state index in [1.807, 2.05) is 11.0 Å². The van der Waals surface area contributed by atoms with Gasteiger partial charge in [0, 0.05) is 32.7 Å². The maximum absolute atomic E-state index is 14.0. The van der Waals surface area contributed by atoms with Crippen molar-refractivity contribution in [1.29, 1.82) is 0 Å². The third kappa shape index (κ3) is 4.09. The number of amides is 1. The van der Waals surface area contributed by atoms with Crippen molar-refractivity contribution < 1.29 is 22.0 Å². The number of fused-ring (bicyclic) bond motifs is 1. The number of thiazole rings is 1. The van der Waals surface area contributed by atoms with E-state index in [0.717, 1.165) is 16.8 Å². The van der Waals surface area contributed by atoms with Crippen molar-refractivity contribution in [2.75, 3.05) is 37.6 Å². The third-order valence-corrected chi connectivity index (χ3v) is 9.13. The Morgan fingerprint density at radius 1 is 1.00 bits per heavy atom. The minimum atomic E-state index is -3.90. The summed E-state index contributed by atoms with van der Waals surface area (Å²) < 4.78 is 55.4. The van der Waals surface area contributed by atoms with Crippen LogP contribution in [-0.2, 0) is 14.8 Å². The number of nitrogens with zero attached hydrogens (tertiary/aromatic N) is 4. The fraction of sp³-hybridized carbons (Fsp3) is 0.364. The summed E-state index contributed by atoms with van der Waals surface area (Å²) in [5.41, 5.74) is 0.351. The summed E-state index contributed by atoms with van der Waals surface area (Å²) in [7, 11) is -3.90.